The van der Waals surface area contributed by atoms with Gasteiger partial charge in [-0.25, -0.2) is 0 Å². The molecule has 2 aliphatic rings. The molecule has 0 aromatic heterocycles. The zero-order chi connectivity index (χ0) is 19.2. The van der Waals surface area contributed by atoms with E-state index in [4.69, 9.17) is 9.47 Å². The maximum absolute atomic E-state index is 12.7. The van der Waals surface area contributed by atoms with Crippen LogP contribution >= 0.6 is 0 Å². The third-order valence-electron chi connectivity index (χ3n) is 4.84. The van der Waals surface area contributed by atoms with Crippen molar-refractivity contribution in [3.8, 4) is 17.2 Å². The number of fused-ring (bicyclic) bond motifs is 1. The van der Waals surface area contributed by atoms with Crippen LogP contribution in [0.15, 0.2) is 17.1 Å². The Hall–Kier alpha value is -2.29. The van der Waals surface area contributed by atoms with E-state index in [9.17, 15) is 8.78 Å². The summed E-state index contributed by atoms with van der Waals surface area (Å²) in [5.74, 6) is 2.20. The molecule has 150 valence electrons. The predicted octanol–water partition coefficient (Wildman–Crippen LogP) is 2.02. The molecule has 1 aromatic rings. The highest BCUT2D eigenvalue weighted by molar-refractivity contribution is 5.79. The monoisotopic (exact) mass is 384 g/mol. The lowest BCUT2D eigenvalue weighted by Crippen LogP contribution is -2.42. The number of nitrogens with one attached hydrogen (secondary N) is 2. The molecule has 2 N–H and O–H groups in total. The largest absolute Gasteiger partial charge is 0.454 e. The van der Waals surface area contributed by atoms with Gasteiger partial charge in [0.25, 0.3) is 0 Å². The van der Waals surface area contributed by atoms with Crippen molar-refractivity contribution in [2.45, 2.75) is 26.0 Å². The minimum atomic E-state index is -2.91. The van der Waals surface area contributed by atoms with Crippen LogP contribution in [0.25, 0.3) is 0 Å². The number of nitrogens with zero attached hydrogens (tertiary/aromatic N) is 2. The maximum Gasteiger partial charge on any atom is 0.387 e. The van der Waals surface area contributed by atoms with Crippen molar-refractivity contribution in [1.82, 2.24) is 15.5 Å². The molecular formula is C18H26F2N4O3. The summed E-state index contributed by atoms with van der Waals surface area (Å²) in [7, 11) is 3.81. The van der Waals surface area contributed by atoms with Crippen LogP contribution in [-0.2, 0) is 6.54 Å². The van der Waals surface area contributed by atoms with Crippen LogP contribution in [0, 0.1) is 5.92 Å². The lowest BCUT2D eigenvalue weighted by Gasteiger charge is -2.29. The Kier molecular flexibility index (Phi) is 6.54. The summed E-state index contributed by atoms with van der Waals surface area (Å²) in [4.78, 5) is 6.53. The number of halogens is 2. The number of aliphatic imine (C=N–C) groups is 1. The Bertz CT molecular complexity index is 664. The number of ether oxygens (including phenoxy) is 3. The van der Waals surface area contributed by atoms with E-state index in [0.717, 1.165) is 32.5 Å². The SMILES string of the molecule is CN=C(NCc1cc2c(cc1OC(F)F)OCO2)NCC1CCN(C)CC1. The van der Waals surface area contributed by atoms with Gasteiger partial charge in [0.2, 0.25) is 6.79 Å². The second-order valence-corrected chi connectivity index (χ2v) is 6.75. The summed E-state index contributed by atoms with van der Waals surface area (Å²) >= 11 is 0. The van der Waals surface area contributed by atoms with Crippen molar-refractivity contribution in [3.05, 3.63) is 17.7 Å². The van der Waals surface area contributed by atoms with Gasteiger partial charge in [0, 0.05) is 31.8 Å². The fourth-order valence-electron chi connectivity index (χ4n) is 3.22. The minimum absolute atomic E-state index is 0.0625. The van der Waals surface area contributed by atoms with Crippen LogP contribution in [-0.4, -0.2) is 58.0 Å². The minimum Gasteiger partial charge on any atom is -0.454 e. The van der Waals surface area contributed by atoms with Crippen LogP contribution in [0.3, 0.4) is 0 Å². The first kappa shape index (κ1) is 19.5. The molecule has 0 spiro atoms. The molecule has 0 atom stereocenters. The fraction of sp³-hybridized carbons (Fsp3) is 0.611. The number of benzene rings is 1. The molecule has 7 nitrogen and oxygen atoms in total. The highest BCUT2D eigenvalue weighted by Gasteiger charge is 2.21. The second-order valence-electron chi connectivity index (χ2n) is 6.75. The Morgan fingerprint density at radius 1 is 1.26 bits per heavy atom. The molecule has 1 aromatic carbocycles. The Labute approximate surface area is 157 Å². The molecule has 2 heterocycles. The van der Waals surface area contributed by atoms with Crippen molar-refractivity contribution >= 4 is 5.96 Å². The van der Waals surface area contributed by atoms with Crippen LogP contribution in [0.5, 0.6) is 17.2 Å². The molecule has 27 heavy (non-hydrogen) atoms. The number of piperidine rings is 1. The first-order chi connectivity index (χ1) is 13.0. The van der Waals surface area contributed by atoms with Crippen molar-refractivity contribution < 1.29 is 23.0 Å². The predicted molar refractivity (Wildman–Crippen MR) is 97.6 cm³/mol. The Morgan fingerprint density at radius 3 is 2.63 bits per heavy atom. The first-order valence-corrected chi connectivity index (χ1v) is 9.05. The van der Waals surface area contributed by atoms with Gasteiger partial charge in [-0.1, -0.05) is 0 Å². The van der Waals surface area contributed by atoms with E-state index < -0.39 is 6.61 Å². The van der Waals surface area contributed by atoms with Gasteiger partial charge >= 0.3 is 6.61 Å². The van der Waals surface area contributed by atoms with E-state index in [2.05, 4.69) is 32.3 Å². The second kappa shape index (κ2) is 9.07. The molecule has 0 radical (unpaired) electrons. The third kappa shape index (κ3) is 5.35. The van der Waals surface area contributed by atoms with Gasteiger partial charge in [-0.15, -0.1) is 0 Å². The average Bonchev–Trinajstić information content (AvgIpc) is 3.10. The van der Waals surface area contributed by atoms with Crippen LogP contribution in [0.4, 0.5) is 8.78 Å². The van der Waals surface area contributed by atoms with E-state index in [0.29, 0.717) is 28.9 Å². The molecule has 0 bridgehead atoms. The molecule has 1 saturated heterocycles. The quantitative estimate of drug-likeness (QED) is 0.578. The molecule has 0 aliphatic carbocycles. The van der Waals surface area contributed by atoms with Crippen LogP contribution in [0.2, 0.25) is 0 Å². The van der Waals surface area contributed by atoms with Crippen LogP contribution < -0.4 is 24.8 Å². The molecule has 9 heteroatoms. The number of likely N-dealkylation sites (tertiary alicyclic amines) is 1. The maximum atomic E-state index is 12.7. The number of rotatable bonds is 6. The van der Waals surface area contributed by atoms with Gasteiger partial charge in [-0.3, -0.25) is 4.99 Å². The molecular weight excluding hydrogens is 358 g/mol. The van der Waals surface area contributed by atoms with Crippen molar-refractivity contribution in [2.75, 3.05) is 40.5 Å². The molecule has 2 aliphatic heterocycles. The van der Waals surface area contributed by atoms with Gasteiger partial charge in [0.1, 0.15) is 5.75 Å². The Balaban J connectivity index is 1.57. The van der Waals surface area contributed by atoms with Crippen molar-refractivity contribution in [1.29, 1.82) is 0 Å². The highest BCUT2D eigenvalue weighted by Crippen LogP contribution is 2.38. The average molecular weight is 384 g/mol. The van der Waals surface area contributed by atoms with Gasteiger partial charge in [-0.05, 0) is 45.0 Å². The normalized spacial score (nSPS) is 18.0. The number of guanidine groups is 1. The van der Waals surface area contributed by atoms with Crippen molar-refractivity contribution in [3.63, 3.8) is 0 Å². The summed E-state index contributed by atoms with van der Waals surface area (Å²) in [6.07, 6.45) is 2.30. The van der Waals surface area contributed by atoms with Gasteiger partial charge in [-0.2, -0.15) is 8.78 Å². The Morgan fingerprint density at radius 2 is 1.96 bits per heavy atom. The third-order valence-corrected chi connectivity index (χ3v) is 4.84. The smallest absolute Gasteiger partial charge is 0.387 e. The van der Waals surface area contributed by atoms with Gasteiger partial charge in [0.15, 0.2) is 17.5 Å². The van der Waals surface area contributed by atoms with E-state index in [1.807, 2.05) is 0 Å². The summed E-state index contributed by atoms with van der Waals surface area (Å²) in [5.41, 5.74) is 0.543. The first-order valence-electron chi connectivity index (χ1n) is 9.05. The zero-order valence-electron chi connectivity index (χ0n) is 15.6. The lowest BCUT2D eigenvalue weighted by atomic mass is 9.97. The van der Waals surface area contributed by atoms with E-state index in [1.165, 1.54) is 6.07 Å². The van der Waals surface area contributed by atoms with Crippen LogP contribution in [0.1, 0.15) is 18.4 Å². The molecule has 0 amide bonds. The van der Waals surface area contributed by atoms with Gasteiger partial charge < -0.3 is 29.7 Å². The van der Waals surface area contributed by atoms with Crippen molar-refractivity contribution in [2.24, 2.45) is 10.9 Å². The summed E-state index contributed by atoms with van der Waals surface area (Å²) in [6.45, 7) is 0.459. The van der Waals surface area contributed by atoms with E-state index in [-0.39, 0.29) is 19.1 Å². The standard InChI is InChI=1S/C18H26F2N4O3/c1-21-18(22-9-12-3-5-24(2)6-4-12)23-10-13-7-15-16(26-11-25-15)8-14(13)27-17(19)20/h7-8,12,17H,3-6,9-11H2,1-2H3,(H2,21,22,23). The number of hydrogen-bond acceptors (Lipinski definition) is 5. The molecule has 0 saturated carbocycles. The zero-order valence-corrected chi connectivity index (χ0v) is 15.6. The molecule has 0 unspecified atom stereocenters. The summed E-state index contributed by atoms with van der Waals surface area (Å²) < 4.78 is 40.6. The van der Waals surface area contributed by atoms with E-state index in [1.54, 1.807) is 13.1 Å². The topological polar surface area (TPSA) is 67.4 Å². The molecule has 3 rings (SSSR count). The molecule has 1 fully saturated rings. The summed E-state index contributed by atoms with van der Waals surface area (Å²) in [6, 6.07) is 3.08. The fourth-order valence-corrected chi connectivity index (χ4v) is 3.22. The number of hydrogen-bond donors (Lipinski definition) is 2. The highest BCUT2D eigenvalue weighted by atomic mass is 19.3. The lowest BCUT2D eigenvalue weighted by molar-refractivity contribution is -0.0505. The van der Waals surface area contributed by atoms with Gasteiger partial charge in [0.05, 0.1) is 0 Å². The van der Waals surface area contributed by atoms with E-state index >= 15 is 0 Å². The summed E-state index contributed by atoms with van der Waals surface area (Å²) in [5, 5.41) is 6.46. The number of alkyl halides is 2.